The Morgan fingerprint density at radius 2 is 1.83 bits per heavy atom. The van der Waals surface area contributed by atoms with E-state index in [-0.39, 0.29) is 5.56 Å². The molecule has 8 nitrogen and oxygen atoms in total. The van der Waals surface area contributed by atoms with Crippen LogP contribution in [-0.2, 0) is 9.53 Å². The third-order valence-corrected chi connectivity index (χ3v) is 2.83. The van der Waals surface area contributed by atoms with Crippen LogP contribution < -0.4 is 16.6 Å². The SMILES string of the molecule is NC(=O)c1ccc(NC(=O)COC(=O)c2ccc[nH]c2=O)cc1. The van der Waals surface area contributed by atoms with Gasteiger partial charge in [0, 0.05) is 17.4 Å². The van der Waals surface area contributed by atoms with E-state index >= 15 is 0 Å². The molecule has 0 bridgehead atoms. The van der Waals surface area contributed by atoms with Crippen molar-refractivity contribution in [3.8, 4) is 0 Å². The number of benzene rings is 1. The van der Waals surface area contributed by atoms with E-state index in [2.05, 4.69) is 10.3 Å². The summed E-state index contributed by atoms with van der Waals surface area (Å²) in [5.41, 5.74) is 5.03. The molecule has 1 heterocycles. The van der Waals surface area contributed by atoms with Gasteiger partial charge in [0.1, 0.15) is 5.56 Å². The van der Waals surface area contributed by atoms with Crippen molar-refractivity contribution in [2.24, 2.45) is 5.73 Å². The van der Waals surface area contributed by atoms with Crippen molar-refractivity contribution in [1.29, 1.82) is 0 Å². The summed E-state index contributed by atoms with van der Waals surface area (Å²) >= 11 is 0. The number of carbonyl (C=O) groups is 3. The Kier molecular flexibility index (Phi) is 4.88. The molecule has 2 amide bonds. The van der Waals surface area contributed by atoms with Crippen LogP contribution in [0.4, 0.5) is 5.69 Å². The highest BCUT2D eigenvalue weighted by atomic mass is 16.5. The fraction of sp³-hybridized carbons (Fsp3) is 0.0667. The zero-order valence-corrected chi connectivity index (χ0v) is 11.9. The number of rotatable bonds is 5. The number of hydrogen-bond donors (Lipinski definition) is 3. The molecule has 23 heavy (non-hydrogen) atoms. The molecule has 0 saturated carbocycles. The van der Waals surface area contributed by atoms with Gasteiger partial charge in [-0.2, -0.15) is 0 Å². The van der Waals surface area contributed by atoms with Gasteiger partial charge in [-0.25, -0.2) is 4.79 Å². The minimum atomic E-state index is -0.897. The number of aromatic amines is 1. The second kappa shape index (κ2) is 7.03. The average Bonchev–Trinajstić information content (AvgIpc) is 2.53. The minimum absolute atomic E-state index is 0.189. The number of hydrogen-bond acceptors (Lipinski definition) is 5. The molecular weight excluding hydrogens is 302 g/mol. The molecule has 0 atom stereocenters. The molecule has 0 unspecified atom stereocenters. The Bertz CT molecular complexity index is 795. The third-order valence-electron chi connectivity index (χ3n) is 2.83. The van der Waals surface area contributed by atoms with Crippen LogP contribution >= 0.6 is 0 Å². The van der Waals surface area contributed by atoms with Gasteiger partial charge in [-0.3, -0.25) is 14.4 Å². The van der Waals surface area contributed by atoms with E-state index in [1.165, 1.54) is 42.6 Å². The molecule has 0 aliphatic carbocycles. The van der Waals surface area contributed by atoms with Crippen molar-refractivity contribution >= 4 is 23.5 Å². The molecule has 0 radical (unpaired) electrons. The first-order chi connectivity index (χ1) is 11.0. The van der Waals surface area contributed by atoms with Gasteiger partial charge in [-0.1, -0.05) is 0 Å². The van der Waals surface area contributed by atoms with Crippen LogP contribution in [0.1, 0.15) is 20.7 Å². The zero-order valence-electron chi connectivity index (χ0n) is 11.9. The number of pyridine rings is 1. The molecule has 0 spiro atoms. The van der Waals surface area contributed by atoms with Crippen molar-refractivity contribution in [1.82, 2.24) is 4.98 Å². The first-order valence-corrected chi connectivity index (χ1v) is 6.52. The van der Waals surface area contributed by atoms with Crippen LogP contribution in [0.2, 0.25) is 0 Å². The molecule has 0 fully saturated rings. The van der Waals surface area contributed by atoms with Crippen LogP contribution in [0.15, 0.2) is 47.4 Å². The highest BCUT2D eigenvalue weighted by Crippen LogP contribution is 2.09. The molecule has 1 aromatic carbocycles. The topological polar surface area (TPSA) is 131 Å². The van der Waals surface area contributed by atoms with Gasteiger partial charge >= 0.3 is 5.97 Å². The van der Waals surface area contributed by atoms with E-state index in [0.29, 0.717) is 11.3 Å². The van der Waals surface area contributed by atoms with Gasteiger partial charge in [-0.05, 0) is 36.4 Å². The fourth-order valence-corrected chi connectivity index (χ4v) is 1.71. The maximum atomic E-state index is 11.7. The number of amides is 2. The van der Waals surface area contributed by atoms with Crippen LogP contribution in [0.5, 0.6) is 0 Å². The summed E-state index contributed by atoms with van der Waals surface area (Å²) in [5, 5.41) is 2.48. The van der Waals surface area contributed by atoms with Gasteiger partial charge in [0.15, 0.2) is 6.61 Å². The van der Waals surface area contributed by atoms with Crippen LogP contribution in [0.25, 0.3) is 0 Å². The van der Waals surface area contributed by atoms with Crippen molar-refractivity contribution in [3.63, 3.8) is 0 Å². The van der Waals surface area contributed by atoms with Gasteiger partial charge in [-0.15, -0.1) is 0 Å². The van der Waals surface area contributed by atoms with Crippen LogP contribution in [0, 0.1) is 0 Å². The first-order valence-electron chi connectivity index (χ1n) is 6.52. The number of nitrogens with one attached hydrogen (secondary N) is 2. The molecule has 0 aliphatic heterocycles. The zero-order chi connectivity index (χ0) is 16.8. The highest BCUT2D eigenvalue weighted by molar-refractivity contribution is 5.96. The standard InChI is InChI=1S/C15H13N3O5/c16-13(20)9-3-5-10(6-4-9)18-12(19)8-23-15(22)11-2-1-7-17-14(11)21/h1-7H,8H2,(H2,16,20)(H,17,21)(H,18,19). The van der Waals surface area contributed by atoms with Crippen molar-refractivity contribution in [2.75, 3.05) is 11.9 Å². The number of ether oxygens (including phenoxy) is 1. The van der Waals surface area contributed by atoms with Crippen LogP contribution in [0.3, 0.4) is 0 Å². The molecular formula is C15H13N3O5. The number of primary amides is 1. The van der Waals surface area contributed by atoms with Gasteiger partial charge < -0.3 is 20.8 Å². The number of carbonyl (C=O) groups excluding carboxylic acids is 3. The number of anilines is 1. The second-order valence-electron chi connectivity index (χ2n) is 4.48. The maximum absolute atomic E-state index is 11.7. The summed E-state index contributed by atoms with van der Waals surface area (Å²) in [6.07, 6.45) is 1.38. The number of aromatic nitrogens is 1. The fourth-order valence-electron chi connectivity index (χ4n) is 1.71. The van der Waals surface area contributed by atoms with E-state index in [0.717, 1.165) is 0 Å². The van der Waals surface area contributed by atoms with E-state index in [4.69, 9.17) is 10.5 Å². The van der Waals surface area contributed by atoms with Crippen molar-refractivity contribution in [3.05, 3.63) is 64.1 Å². The summed E-state index contributed by atoms with van der Waals surface area (Å²) in [6, 6.07) is 8.64. The number of nitrogens with two attached hydrogens (primary N) is 1. The quantitative estimate of drug-likeness (QED) is 0.681. The summed E-state index contributed by atoms with van der Waals surface area (Å²) in [7, 11) is 0. The lowest BCUT2D eigenvalue weighted by Crippen LogP contribution is -2.24. The van der Waals surface area contributed by atoms with Crippen LogP contribution in [-0.4, -0.2) is 29.4 Å². The Hall–Kier alpha value is -3.42. The summed E-state index contributed by atoms with van der Waals surface area (Å²) < 4.78 is 4.76. The lowest BCUT2D eigenvalue weighted by atomic mass is 10.2. The van der Waals surface area contributed by atoms with Gasteiger partial charge in [0.2, 0.25) is 5.91 Å². The maximum Gasteiger partial charge on any atom is 0.344 e. The molecule has 0 saturated heterocycles. The Morgan fingerprint density at radius 1 is 1.13 bits per heavy atom. The number of esters is 1. The molecule has 4 N–H and O–H groups in total. The lowest BCUT2D eigenvalue weighted by Gasteiger charge is -2.06. The third kappa shape index (κ3) is 4.27. The molecule has 2 aromatic rings. The first kappa shape index (κ1) is 16.0. The van der Waals surface area contributed by atoms with E-state index in [1.54, 1.807) is 0 Å². The predicted octanol–water partition coefficient (Wildman–Crippen LogP) is 0.269. The average molecular weight is 315 g/mol. The van der Waals surface area contributed by atoms with E-state index in [9.17, 15) is 19.2 Å². The Morgan fingerprint density at radius 3 is 2.43 bits per heavy atom. The molecule has 8 heteroatoms. The van der Waals surface area contributed by atoms with Crippen molar-refractivity contribution in [2.45, 2.75) is 0 Å². The predicted molar refractivity (Wildman–Crippen MR) is 80.9 cm³/mol. The smallest absolute Gasteiger partial charge is 0.344 e. The number of H-pyrrole nitrogens is 1. The second-order valence-corrected chi connectivity index (χ2v) is 4.48. The Labute approximate surface area is 130 Å². The van der Waals surface area contributed by atoms with E-state index < -0.39 is 29.9 Å². The van der Waals surface area contributed by atoms with Crippen molar-refractivity contribution < 1.29 is 19.1 Å². The lowest BCUT2D eigenvalue weighted by molar-refractivity contribution is -0.119. The minimum Gasteiger partial charge on any atom is -0.452 e. The summed E-state index contributed by atoms with van der Waals surface area (Å²) in [6.45, 7) is -0.551. The van der Waals surface area contributed by atoms with E-state index in [1.807, 2.05) is 0 Å². The van der Waals surface area contributed by atoms with Gasteiger partial charge in [0.05, 0.1) is 0 Å². The van der Waals surface area contributed by atoms with Gasteiger partial charge in [0.25, 0.3) is 11.5 Å². The molecule has 0 aliphatic rings. The normalized spacial score (nSPS) is 9.91. The molecule has 1 aromatic heterocycles. The molecule has 2 rings (SSSR count). The molecule has 118 valence electrons. The highest BCUT2D eigenvalue weighted by Gasteiger charge is 2.13. The summed E-state index contributed by atoms with van der Waals surface area (Å²) in [5.74, 6) is -2.06. The summed E-state index contributed by atoms with van der Waals surface area (Å²) in [4.78, 5) is 48.0. The largest absolute Gasteiger partial charge is 0.452 e. The monoisotopic (exact) mass is 315 g/mol. The Balaban J connectivity index is 1.90.